The second-order valence-corrected chi connectivity index (χ2v) is 6.67. The maximum absolute atomic E-state index is 12.4. The Labute approximate surface area is 124 Å². The number of hydrogen-bond donors (Lipinski definition) is 0. The summed E-state index contributed by atoms with van der Waals surface area (Å²) in [5, 5.41) is 0. The smallest absolute Gasteiger partial charge is 0.243 e. The SMILES string of the molecule is CN(Cc1ccccn1)S(=O)(=O)c1ccc(CCl)cc1. The number of sulfonamides is 1. The molecule has 0 saturated heterocycles. The standard InChI is InChI=1S/C14H15ClN2O2S/c1-17(11-13-4-2-3-9-16-13)20(18,19)14-7-5-12(10-15)6-8-14/h2-9H,10-11H2,1H3. The predicted octanol–water partition coefficient (Wildman–Crippen LogP) is 2.64. The largest absolute Gasteiger partial charge is 0.260 e. The van der Waals surface area contributed by atoms with Gasteiger partial charge in [0.2, 0.25) is 10.0 Å². The first kappa shape index (κ1) is 15.0. The Morgan fingerprint density at radius 1 is 1.15 bits per heavy atom. The molecule has 0 amide bonds. The van der Waals surface area contributed by atoms with E-state index in [1.807, 2.05) is 6.07 Å². The molecule has 6 heteroatoms. The van der Waals surface area contributed by atoms with Crippen molar-refractivity contribution in [2.75, 3.05) is 7.05 Å². The van der Waals surface area contributed by atoms with Crippen LogP contribution in [0.5, 0.6) is 0 Å². The van der Waals surface area contributed by atoms with Crippen LogP contribution in [0.2, 0.25) is 0 Å². The molecule has 0 spiro atoms. The second kappa shape index (κ2) is 6.35. The van der Waals surface area contributed by atoms with E-state index in [9.17, 15) is 8.42 Å². The van der Waals surface area contributed by atoms with E-state index in [0.29, 0.717) is 11.6 Å². The molecule has 1 aromatic carbocycles. The number of aromatic nitrogens is 1. The molecule has 20 heavy (non-hydrogen) atoms. The molecule has 0 atom stereocenters. The van der Waals surface area contributed by atoms with E-state index in [4.69, 9.17) is 11.6 Å². The summed E-state index contributed by atoms with van der Waals surface area (Å²) in [5.74, 6) is 0.365. The third kappa shape index (κ3) is 3.36. The monoisotopic (exact) mass is 310 g/mol. The Morgan fingerprint density at radius 3 is 2.40 bits per heavy atom. The lowest BCUT2D eigenvalue weighted by Gasteiger charge is -2.16. The lowest BCUT2D eigenvalue weighted by atomic mass is 10.2. The molecule has 0 saturated carbocycles. The van der Waals surface area contributed by atoms with Gasteiger partial charge in [-0.25, -0.2) is 8.42 Å². The van der Waals surface area contributed by atoms with Crippen LogP contribution in [-0.2, 0) is 22.4 Å². The zero-order valence-electron chi connectivity index (χ0n) is 11.0. The number of rotatable bonds is 5. The highest BCUT2D eigenvalue weighted by Gasteiger charge is 2.20. The minimum Gasteiger partial charge on any atom is -0.260 e. The molecule has 0 fully saturated rings. The summed E-state index contributed by atoms with van der Waals surface area (Å²) in [6, 6.07) is 12.0. The molecular formula is C14H15ClN2O2S. The van der Waals surface area contributed by atoms with Crippen LogP contribution < -0.4 is 0 Å². The Hall–Kier alpha value is -1.43. The van der Waals surface area contributed by atoms with E-state index in [1.54, 1.807) is 49.6 Å². The van der Waals surface area contributed by atoms with Crippen molar-refractivity contribution >= 4 is 21.6 Å². The summed E-state index contributed by atoms with van der Waals surface area (Å²) >= 11 is 5.70. The summed E-state index contributed by atoms with van der Waals surface area (Å²) in [5.41, 5.74) is 1.59. The van der Waals surface area contributed by atoms with Gasteiger partial charge in [-0.05, 0) is 29.8 Å². The van der Waals surface area contributed by atoms with Gasteiger partial charge in [-0.3, -0.25) is 4.98 Å². The molecule has 1 heterocycles. The van der Waals surface area contributed by atoms with Crippen LogP contribution >= 0.6 is 11.6 Å². The van der Waals surface area contributed by atoms with E-state index < -0.39 is 10.0 Å². The van der Waals surface area contributed by atoms with Gasteiger partial charge in [0.25, 0.3) is 0 Å². The van der Waals surface area contributed by atoms with Gasteiger partial charge in [0, 0.05) is 19.1 Å². The van der Waals surface area contributed by atoms with Gasteiger partial charge >= 0.3 is 0 Å². The Morgan fingerprint density at radius 2 is 1.85 bits per heavy atom. The van der Waals surface area contributed by atoms with Crippen molar-refractivity contribution < 1.29 is 8.42 Å². The summed E-state index contributed by atoms with van der Waals surface area (Å²) in [6.07, 6.45) is 1.64. The van der Waals surface area contributed by atoms with Crippen molar-refractivity contribution in [3.8, 4) is 0 Å². The molecule has 4 nitrogen and oxygen atoms in total. The van der Waals surface area contributed by atoms with Gasteiger partial charge in [0.15, 0.2) is 0 Å². The molecule has 2 rings (SSSR count). The van der Waals surface area contributed by atoms with E-state index in [-0.39, 0.29) is 11.4 Å². The van der Waals surface area contributed by atoms with Crippen molar-refractivity contribution in [3.05, 3.63) is 59.9 Å². The minimum absolute atomic E-state index is 0.237. The second-order valence-electron chi connectivity index (χ2n) is 4.36. The maximum atomic E-state index is 12.4. The molecule has 0 aliphatic carbocycles. The van der Waals surface area contributed by atoms with Gasteiger partial charge in [0.05, 0.1) is 17.1 Å². The van der Waals surface area contributed by atoms with Crippen LogP contribution in [0, 0.1) is 0 Å². The molecule has 0 bridgehead atoms. The number of halogens is 1. The molecule has 106 valence electrons. The summed E-state index contributed by atoms with van der Waals surface area (Å²) in [4.78, 5) is 4.38. The molecule has 0 radical (unpaired) electrons. The van der Waals surface area contributed by atoms with Crippen molar-refractivity contribution in [3.63, 3.8) is 0 Å². The number of nitrogens with zero attached hydrogens (tertiary/aromatic N) is 2. The lowest BCUT2D eigenvalue weighted by molar-refractivity contribution is 0.462. The van der Waals surface area contributed by atoms with E-state index in [0.717, 1.165) is 5.56 Å². The summed E-state index contributed by atoms with van der Waals surface area (Å²) < 4.78 is 26.1. The zero-order chi connectivity index (χ0) is 14.6. The molecular weight excluding hydrogens is 296 g/mol. The lowest BCUT2D eigenvalue weighted by Crippen LogP contribution is -2.26. The summed E-state index contributed by atoms with van der Waals surface area (Å²) in [6.45, 7) is 0.237. The highest BCUT2D eigenvalue weighted by atomic mass is 35.5. The highest BCUT2D eigenvalue weighted by Crippen LogP contribution is 2.17. The fourth-order valence-corrected chi connectivity index (χ4v) is 3.06. The number of alkyl halides is 1. The topological polar surface area (TPSA) is 50.3 Å². The van der Waals surface area contributed by atoms with Crippen molar-refractivity contribution in [1.29, 1.82) is 0 Å². The van der Waals surface area contributed by atoms with Gasteiger partial charge in [-0.1, -0.05) is 18.2 Å². The molecule has 2 aromatic rings. The van der Waals surface area contributed by atoms with Gasteiger partial charge in [0.1, 0.15) is 0 Å². The van der Waals surface area contributed by atoms with E-state index in [1.165, 1.54) is 4.31 Å². The fourth-order valence-electron chi connectivity index (χ4n) is 1.74. The van der Waals surface area contributed by atoms with Crippen LogP contribution in [-0.4, -0.2) is 24.8 Å². The number of benzene rings is 1. The van der Waals surface area contributed by atoms with Crippen molar-refractivity contribution in [1.82, 2.24) is 9.29 Å². The van der Waals surface area contributed by atoms with Gasteiger partial charge < -0.3 is 0 Å². The first-order valence-electron chi connectivity index (χ1n) is 6.05. The number of hydrogen-bond acceptors (Lipinski definition) is 3. The molecule has 0 aliphatic rings. The Kier molecular flexibility index (Phi) is 4.75. The average molecular weight is 311 g/mol. The first-order valence-corrected chi connectivity index (χ1v) is 8.02. The molecule has 0 N–H and O–H groups in total. The molecule has 1 aromatic heterocycles. The minimum atomic E-state index is -3.51. The quantitative estimate of drug-likeness (QED) is 0.798. The van der Waals surface area contributed by atoms with Gasteiger partial charge in [-0.15, -0.1) is 11.6 Å². The number of pyridine rings is 1. The molecule has 0 unspecified atom stereocenters. The third-order valence-electron chi connectivity index (χ3n) is 2.90. The van der Waals surface area contributed by atoms with E-state index >= 15 is 0 Å². The summed E-state index contributed by atoms with van der Waals surface area (Å²) in [7, 11) is -1.97. The van der Waals surface area contributed by atoms with Crippen LogP contribution in [0.4, 0.5) is 0 Å². The van der Waals surface area contributed by atoms with Gasteiger partial charge in [-0.2, -0.15) is 4.31 Å². The van der Waals surface area contributed by atoms with Crippen LogP contribution in [0.25, 0.3) is 0 Å². The van der Waals surface area contributed by atoms with Crippen LogP contribution in [0.15, 0.2) is 53.6 Å². The van der Waals surface area contributed by atoms with Crippen LogP contribution in [0.1, 0.15) is 11.3 Å². The fraction of sp³-hybridized carbons (Fsp3) is 0.214. The average Bonchev–Trinajstić information content (AvgIpc) is 2.48. The Balaban J connectivity index is 2.20. The Bertz CT molecular complexity index is 657. The molecule has 0 aliphatic heterocycles. The van der Waals surface area contributed by atoms with Crippen molar-refractivity contribution in [2.45, 2.75) is 17.3 Å². The maximum Gasteiger partial charge on any atom is 0.243 e. The van der Waals surface area contributed by atoms with E-state index in [2.05, 4.69) is 4.98 Å². The highest BCUT2D eigenvalue weighted by molar-refractivity contribution is 7.89. The first-order chi connectivity index (χ1) is 9.54. The predicted molar refractivity (Wildman–Crippen MR) is 78.9 cm³/mol. The van der Waals surface area contributed by atoms with Crippen molar-refractivity contribution in [2.24, 2.45) is 0 Å². The third-order valence-corrected chi connectivity index (χ3v) is 5.02. The normalized spacial score (nSPS) is 11.8. The zero-order valence-corrected chi connectivity index (χ0v) is 12.6. The van der Waals surface area contributed by atoms with Crippen LogP contribution in [0.3, 0.4) is 0 Å².